The fourth-order valence-corrected chi connectivity index (χ4v) is 2.70. The summed E-state index contributed by atoms with van der Waals surface area (Å²) in [4.78, 5) is 20.1. The normalized spacial score (nSPS) is 16.9. The van der Waals surface area contributed by atoms with Gasteiger partial charge in [0.15, 0.2) is 6.29 Å². The third-order valence-corrected chi connectivity index (χ3v) is 3.78. The van der Waals surface area contributed by atoms with E-state index < -0.39 is 5.41 Å². The number of benzene rings is 1. The van der Waals surface area contributed by atoms with Crippen molar-refractivity contribution in [3.63, 3.8) is 0 Å². The summed E-state index contributed by atoms with van der Waals surface area (Å²) in [5.41, 5.74) is 2.95. The van der Waals surface area contributed by atoms with Crippen LogP contribution in [-0.4, -0.2) is 22.1 Å². The summed E-state index contributed by atoms with van der Waals surface area (Å²) in [6.07, 6.45) is 3.17. The molecule has 0 unspecified atom stereocenters. The number of pyridine rings is 1. The summed E-state index contributed by atoms with van der Waals surface area (Å²) in [7, 11) is 0. The number of nitrogens with zero attached hydrogens (tertiary/aromatic N) is 2. The summed E-state index contributed by atoms with van der Waals surface area (Å²) >= 11 is 0. The minimum absolute atomic E-state index is 0.204. The van der Waals surface area contributed by atoms with Crippen LogP contribution in [0.1, 0.15) is 19.4 Å². The van der Waals surface area contributed by atoms with Crippen molar-refractivity contribution in [1.29, 1.82) is 0 Å². The van der Waals surface area contributed by atoms with E-state index in [0.717, 1.165) is 28.4 Å². The Morgan fingerprint density at radius 3 is 2.80 bits per heavy atom. The van der Waals surface area contributed by atoms with Crippen LogP contribution < -0.4 is 0 Å². The molecule has 4 nitrogen and oxygen atoms in total. The highest BCUT2D eigenvalue weighted by Gasteiger charge is 2.37. The summed E-state index contributed by atoms with van der Waals surface area (Å²) in [5, 5.41) is 10.2. The SMILES string of the molecule is CC1(C)C(/C(C=O)=C/O)=Nc2c1ccc1cccnc21. The van der Waals surface area contributed by atoms with Gasteiger partial charge in [-0.25, -0.2) is 4.99 Å². The smallest absolute Gasteiger partial charge is 0.155 e. The largest absolute Gasteiger partial charge is 0.515 e. The van der Waals surface area contributed by atoms with Crippen LogP contribution in [0.25, 0.3) is 10.9 Å². The first-order valence-corrected chi connectivity index (χ1v) is 6.37. The van der Waals surface area contributed by atoms with E-state index in [1.165, 1.54) is 0 Å². The highest BCUT2D eigenvalue weighted by Crippen LogP contribution is 2.44. The molecule has 1 aliphatic heterocycles. The lowest BCUT2D eigenvalue weighted by molar-refractivity contribution is -0.104. The molecular formula is C16H14N2O2. The van der Waals surface area contributed by atoms with Gasteiger partial charge in [0.1, 0.15) is 0 Å². The molecule has 100 valence electrons. The Morgan fingerprint density at radius 2 is 2.10 bits per heavy atom. The number of fused-ring (bicyclic) bond motifs is 3. The number of rotatable bonds is 2. The standard InChI is InChI=1S/C16H14N2O2/c1-16(2)12-6-5-10-4-3-7-17-13(10)14(12)18-15(16)11(8-19)9-20/h3-9,19H,1-2H3/b11-8+. The van der Waals surface area contributed by atoms with Crippen molar-refractivity contribution in [1.82, 2.24) is 4.98 Å². The minimum atomic E-state index is -0.434. The van der Waals surface area contributed by atoms with Gasteiger partial charge in [0, 0.05) is 17.0 Å². The molecule has 0 fully saturated rings. The molecule has 1 aromatic heterocycles. The van der Waals surface area contributed by atoms with Gasteiger partial charge in [-0.3, -0.25) is 9.78 Å². The average molecular weight is 266 g/mol. The number of hydrogen-bond acceptors (Lipinski definition) is 4. The summed E-state index contributed by atoms with van der Waals surface area (Å²) in [6, 6.07) is 7.87. The molecule has 0 atom stereocenters. The fraction of sp³-hybridized carbons (Fsp3) is 0.188. The van der Waals surface area contributed by atoms with Crippen LogP contribution in [0.3, 0.4) is 0 Å². The summed E-state index contributed by atoms with van der Waals surface area (Å²) in [5.74, 6) is 0. The first-order valence-electron chi connectivity index (χ1n) is 6.37. The second kappa shape index (κ2) is 4.27. The molecule has 0 saturated carbocycles. The molecule has 0 amide bonds. The molecule has 1 aromatic carbocycles. The van der Waals surface area contributed by atoms with Gasteiger partial charge in [0.2, 0.25) is 0 Å². The van der Waals surface area contributed by atoms with E-state index in [1.807, 2.05) is 38.1 Å². The molecule has 0 spiro atoms. The molecule has 0 radical (unpaired) electrons. The van der Waals surface area contributed by atoms with Gasteiger partial charge in [-0.2, -0.15) is 0 Å². The van der Waals surface area contributed by atoms with Crippen LogP contribution in [0.5, 0.6) is 0 Å². The average Bonchev–Trinajstić information content (AvgIpc) is 2.73. The van der Waals surface area contributed by atoms with Crippen molar-refractivity contribution in [3.8, 4) is 0 Å². The Bertz CT molecular complexity index is 773. The quantitative estimate of drug-likeness (QED) is 0.515. The monoisotopic (exact) mass is 266 g/mol. The number of carbonyl (C=O) groups excluding carboxylic acids is 1. The second-order valence-corrected chi connectivity index (χ2v) is 5.32. The first kappa shape index (κ1) is 12.5. The molecule has 20 heavy (non-hydrogen) atoms. The highest BCUT2D eigenvalue weighted by molar-refractivity contribution is 6.23. The van der Waals surface area contributed by atoms with Crippen LogP contribution in [0.4, 0.5) is 5.69 Å². The van der Waals surface area contributed by atoms with E-state index in [9.17, 15) is 9.90 Å². The third kappa shape index (κ3) is 1.58. The fourth-order valence-electron chi connectivity index (χ4n) is 2.70. The maximum atomic E-state index is 11.1. The maximum absolute atomic E-state index is 11.1. The lowest BCUT2D eigenvalue weighted by Crippen LogP contribution is -2.27. The Balaban J connectivity index is 2.33. The topological polar surface area (TPSA) is 62.5 Å². The Kier molecular flexibility index (Phi) is 2.67. The van der Waals surface area contributed by atoms with Crippen molar-refractivity contribution in [2.75, 3.05) is 0 Å². The zero-order valence-electron chi connectivity index (χ0n) is 11.3. The zero-order valence-corrected chi connectivity index (χ0v) is 11.3. The van der Waals surface area contributed by atoms with Gasteiger partial charge in [-0.1, -0.05) is 32.0 Å². The number of aliphatic imine (C=N–C) groups is 1. The number of aliphatic hydroxyl groups is 1. The number of allylic oxidation sites excluding steroid dienone is 1. The van der Waals surface area contributed by atoms with Crippen LogP contribution in [0.2, 0.25) is 0 Å². The van der Waals surface area contributed by atoms with Crippen molar-refractivity contribution in [3.05, 3.63) is 47.9 Å². The molecule has 2 heterocycles. The van der Waals surface area contributed by atoms with Gasteiger partial charge >= 0.3 is 0 Å². The van der Waals surface area contributed by atoms with Gasteiger partial charge < -0.3 is 5.11 Å². The van der Waals surface area contributed by atoms with Crippen molar-refractivity contribution in [2.24, 2.45) is 4.99 Å². The van der Waals surface area contributed by atoms with Gasteiger partial charge in [0.25, 0.3) is 0 Å². The molecule has 1 N–H and O–H groups in total. The number of carbonyl (C=O) groups is 1. The predicted octanol–water partition coefficient (Wildman–Crippen LogP) is 3.24. The van der Waals surface area contributed by atoms with Gasteiger partial charge in [0.05, 0.1) is 28.8 Å². The van der Waals surface area contributed by atoms with Crippen LogP contribution in [-0.2, 0) is 10.2 Å². The number of hydrogen-bond donors (Lipinski definition) is 1. The third-order valence-electron chi connectivity index (χ3n) is 3.78. The lowest BCUT2D eigenvalue weighted by atomic mass is 9.79. The Morgan fingerprint density at radius 1 is 1.30 bits per heavy atom. The van der Waals surface area contributed by atoms with E-state index in [4.69, 9.17) is 0 Å². The minimum Gasteiger partial charge on any atom is -0.515 e. The molecular weight excluding hydrogens is 252 g/mol. The van der Waals surface area contributed by atoms with Crippen LogP contribution >= 0.6 is 0 Å². The molecule has 0 aliphatic carbocycles. The maximum Gasteiger partial charge on any atom is 0.155 e. The number of aromatic nitrogens is 1. The highest BCUT2D eigenvalue weighted by atomic mass is 16.2. The molecule has 3 rings (SSSR count). The van der Waals surface area contributed by atoms with Crippen molar-refractivity contribution >= 4 is 28.6 Å². The van der Waals surface area contributed by atoms with Gasteiger partial charge in [-0.15, -0.1) is 0 Å². The molecule has 1 aliphatic rings. The van der Waals surface area contributed by atoms with E-state index in [2.05, 4.69) is 9.98 Å². The first-order chi connectivity index (χ1) is 9.59. The molecule has 4 heteroatoms. The molecule has 0 bridgehead atoms. The molecule has 0 saturated heterocycles. The predicted molar refractivity (Wildman–Crippen MR) is 78.6 cm³/mol. The second-order valence-electron chi connectivity index (χ2n) is 5.32. The molecule has 2 aromatic rings. The van der Waals surface area contributed by atoms with E-state index in [0.29, 0.717) is 12.0 Å². The lowest BCUT2D eigenvalue weighted by Gasteiger charge is -2.21. The van der Waals surface area contributed by atoms with E-state index in [-0.39, 0.29) is 5.57 Å². The summed E-state index contributed by atoms with van der Waals surface area (Å²) < 4.78 is 0. The van der Waals surface area contributed by atoms with Crippen LogP contribution in [0, 0.1) is 0 Å². The van der Waals surface area contributed by atoms with Crippen LogP contribution in [0.15, 0.2) is 47.3 Å². The van der Waals surface area contributed by atoms with Crippen molar-refractivity contribution in [2.45, 2.75) is 19.3 Å². The van der Waals surface area contributed by atoms with Gasteiger partial charge in [-0.05, 0) is 11.6 Å². The zero-order chi connectivity index (χ0) is 14.3. The van der Waals surface area contributed by atoms with Crippen molar-refractivity contribution < 1.29 is 9.90 Å². The van der Waals surface area contributed by atoms with E-state index in [1.54, 1.807) is 6.20 Å². The Labute approximate surface area is 116 Å². The number of aldehydes is 1. The Hall–Kier alpha value is -2.49. The van der Waals surface area contributed by atoms with E-state index >= 15 is 0 Å². The summed E-state index contributed by atoms with van der Waals surface area (Å²) in [6.45, 7) is 3.97. The number of aliphatic hydroxyl groups excluding tert-OH is 1.